The number of H-pyrrole nitrogens is 1. The first kappa shape index (κ1) is 18.9. The van der Waals surface area contributed by atoms with Gasteiger partial charge in [-0.25, -0.2) is 4.39 Å². The maximum atomic E-state index is 13.9. The van der Waals surface area contributed by atoms with Gasteiger partial charge in [0, 0.05) is 28.4 Å². The molecule has 0 spiro atoms. The van der Waals surface area contributed by atoms with Gasteiger partial charge in [-0.05, 0) is 43.3 Å². The zero-order valence-corrected chi connectivity index (χ0v) is 16.4. The van der Waals surface area contributed by atoms with E-state index in [-0.39, 0.29) is 17.0 Å². The number of Topliss-reactive ketones (excluding diaryl/α,β-unsaturated/α-hetero) is 1. The molecule has 1 amide bonds. The van der Waals surface area contributed by atoms with Crippen molar-refractivity contribution in [1.29, 1.82) is 0 Å². The molecule has 5 rings (SSSR count). The van der Waals surface area contributed by atoms with Gasteiger partial charge in [0.2, 0.25) is 0 Å². The molecule has 0 bridgehead atoms. The van der Waals surface area contributed by atoms with E-state index in [2.05, 4.69) is 4.98 Å². The molecule has 31 heavy (non-hydrogen) atoms. The summed E-state index contributed by atoms with van der Waals surface area (Å²) in [4.78, 5) is 30.3. The van der Waals surface area contributed by atoms with Gasteiger partial charge in [0.25, 0.3) is 11.7 Å². The molecular weight excluding hydrogens is 399 g/mol. The average Bonchev–Trinajstić information content (AvgIpc) is 3.44. The maximum absolute atomic E-state index is 13.9. The third kappa shape index (κ3) is 2.93. The first-order valence-electron chi connectivity index (χ1n) is 9.65. The van der Waals surface area contributed by atoms with Crippen LogP contribution in [0.4, 0.5) is 10.1 Å². The number of benzene rings is 2. The fraction of sp³-hybridized carbons (Fsp3) is 0.0833. The van der Waals surface area contributed by atoms with Gasteiger partial charge >= 0.3 is 0 Å². The highest BCUT2D eigenvalue weighted by Crippen LogP contribution is 2.43. The predicted octanol–water partition coefficient (Wildman–Crippen LogP) is 4.83. The molecule has 154 valence electrons. The number of nitrogens with one attached hydrogen (secondary N) is 1. The number of aromatic amines is 1. The zero-order valence-electron chi connectivity index (χ0n) is 16.4. The zero-order chi connectivity index (χ0) is 21.7. The van der Waals surface area contributed by atoms with E-state index in [0.29, 0.717) is 22.5 Å². The van der Waals surface area contributed by atoms with Crippen molar-refractivity contribution in [1.82, 2.24) is 4.98 Å². The molecule has 2 aromatic heterocycles. The Balaban J connectivity index is 1.76. The van der Waals surface area contributed by atoms with Crippen molar-refractivity contribution in [3.05, 3.63) is 95.3 Å². The summed E-state index contributed by atoms with van der Waals surface area (Å²) < 4.78 is 19.7. The van der Waals surface area contributed by atoms with E-state index in [9.17, 15) is 19.1 Å². The van der Waals surface area contributed by atoms with E-state index >= 15 is 0 Å². The molecule has 0 saturated carbocycles. The van der Waals surface area contributed by atoms with Crippen LogP contribution in [0.1, 0.15) is 23.1 Å². The number of rotatable bonds is 3. The predicted molar refractivity (Wildman–Crippen MR) is 113 cm³/mol. The number of fused-ring (bicyclic) bond motifs is 1. The van der Waals surface area contributed by atoms with E-state index in [4.69, 9.17) is 4.42 Å². The molecule has 2 aromatic carbocycles. The molecule has 1 saturated heterocycles. The Morgan fingerprint density at radius 1 is 1.10 bits per heavy atom. The first-order chi connectivity index (χ1) is 15.0. The van der Waals surface area contributed by atoms with Crippen molar-refractivity contribution >= 4 is 34.0 Å². The number of para-hydroxylation sites is 1. The minimum atomic E-state index is -1.04. The van der Waals surface area contributed by atoms with Gasteiger partial charge in [0.05, 0.1) is 5.57 Å². The smallest absolute Gasteiger partial charge is 0.300 e. The molecule has 0 radical (unpaired) electrons. The van der Waals surface area contributed by atoms with Crippen LogP contribution in [0.25, 0.3) is 16.7 Å². The number of aryl methyl sites for hydroxylation is 1. The van der Waals surface area contributed by atoms with Crippen molar-refractivity contribution in [3.8, 4) is 0 Å². The van der Waals surface area contributed by atoms with E-state index in [0.717, 1.165) is 10.4 Å². The van der Waals surface area contributed by atoms with Gasteiger partial charge < -0.3 is 14.5 Å². The molecule has 0 aliphatic carbocycles. The van der Waals surface area contributed by atoms with Crippen molar-refractivity contribution in [2.75, 3.05) is 4.90 Å². The lowest BCUT2D eigenvalue weighted by atomic mass is 9.99. The fourth-order valence-electron chi connectivity index (χ4n) is 4.01. The van der Waals surface area contributed by atoms with Crippen molar-refractivity contribution in [2.45, 2.75) is 13.0 Å². The number of anilines is 1. The number of aliphatic hydroxyl groups is 1. The highest BCUT2D eigenvalue weighted by molar-refractivity contribution is 6.51. The Bertz CT molecular complexity index is 1380. The van der Waals surface area contributed by atoms with Crippen LogP contribution >= 0.6 is 0 Å². The second-order valence-corrected chi connectivity index (χ2v) is 7.35. The number of nitrogens with zero attached hydrogens (tertiary/aromatic N) is 1. The summed E-state index contributed by atoms with van der Waals surface area (Å²) in [6.07, 6.45) is 1.58. The van der Waals surface area contributed by atoms with Crippen LogP contribution < -0.4 is 4.90 Å². The van der Waals surface area contributed by atoms with E-state index in [1.807, 2.05) is 18.2 Å². The minimum absolute atomic E-state index is 0.117. The lowest BCUT2D eigenvalue weighted by Crippen LogP contribution is -2.29. The number of aromatic nitrogens is 1. The Hall–Kier alpha value is -4.13. The second kappa shape index (κ2) is 6.98. The van der Waals surface area contributed by atoms with Crippen molar-refractivity contribution in [3.63, 3.8) is 0 Å². The second-order valence-electron chi connectivity index (χ2n) is 7.35. The van der Waals surface area contributed by atoms with Gasteiger partial charge in [-0.2, -0.15) is 0 Å². The fourth-order valence-corrected chi connectivity index (χ4v) is 4.01. The Morgan fingerprint density at radius 3 is 2.65 bits per heavy atom. The molecule has 4 aromatic rings. The van der Waals surface area contributed by atoms with Crippen LogP contribution in [-0.2, 0) is 9.59 Å². The molecule has 6 nitrogen and oxygen atoms in total. The SMILES string of the molecule is Cc1ccc(C2/C(=C(/O)c3c[nH]c4ccccc34)C(=O)C(=O)N2c2cccc(F)c2)o1. The number of amides is 1. The molecule has 1 fully saturated rings. The molecule has 1 aliphatic rings. The van der Waals surface area contributed by atoms with Crippen LogP contribution in [0.15, 0.2) is 76.9 Å². The molecular formula is C24H17FN2O4. The largest absolute Gasteiger partial charge is 0.507 e. The van der Waals surface area contributed by atoms with Crippen LogP contribution in [0.5, 0.6) is 0 Å². The Morgan fingerprint density at radius 2 is 1.90 bits per heavy atom. The lowest BCUT2D eigenvalue weighted by molar-refractivity contribution is -0.132. The highest BCUT2D eigenvalue weighted by Gasteiger charge is 2.48. The minimum Gasteiger partial charge on any atom is -0.507 e. The standard InChI is InChI=1S/C24H17FN2O4/c1-13-9-10-19(31-13)21-20(22(28)17-12-26-18-8-3-2-7-16(17)18)23(29)24(30)27(21)15-6-4-5-14(25)11-15/h2-12,21,26,28H,1H3/b22-20-. The van der Waals surface area contributed by atoms with Gasteiger partial charge in [0.15, 0.2) is 0 Å². The third-order valence-electron chi connectivity index (χ3n) is 5.41. The third-order valence-corrected chi connectivity index (χ3v) is 5.41. The summed E-state index contributed by atoms with van der Waals surface area (Å²) in [5.41, 5.74) is 1.24. The summed E-state index contributed by atoms with van der Waals surface area (Å²) in [6, 6.07) is 15.0. The monoisotopic (exact) mass is 416 g/mol. The normalized spacial score (nSPS) is 18.3. The lowest BCUT2D eigenvalue weighted by Gasteiger charge is -2.23. The average molecular weight is 416 g/mol. The number of carbonyl (C=O) groups excluding carboxylic acids is 2. The van der Waals surface area contributed by atoms with Gasteiger partial charge in [-0.15, -0.1) is 0 Å². The number of furan rings is 1. The maximum Gasteiger partial charge on any atom is 0.300 e. The molecule has 1 atom stereocenters. The van der Waals surface area contributed by atoms with Crippen LogP contribution in [-0.4, -0.2) is 21.8 Å². The number of aliphatic hydroxyl groups excluding tert-OH is 1. The highest BCUT2D eigenvalue weighted by atomic mass is 19.1. The van der Waals surface area contributed by atoms with Gasteiger partial charge in [-0.1, -0.05) is 24.3 Å². The van der Waals surface area contributed by atoms with Crippen LogP contribution in [0, 0.1) is 12.7 Å². The number of hydrogen-bond donors (Lipinski definition) is 2. The van der Waals surface area contributed by atoms with Crippen molar-refractivity contribution in [2.24, 2.45) is 0 Å². The van der Waals surface area contributed by atoms with Gasteiger partial charge in [-0.3, -0.25) is 14.5 Å². The van der Waals surface area contributed by atoms with Gasteiger partial charge in [0.1, 0.15) is 29.1 Å². The van der Waals surface area contributed by atoms with E-state index < -0.39 is 23.5 Å². The topological polar surface area (TPSA) is 86.5 Å². The van der Waals surface area contributed by atoms with Crippen LogP contribution in [0.3, 0.4) is 0 Å². The van der Waals surface area contributed by atoms with E-state index in [1.165, 1.54) is 24.3 Å². The molecule has 1 unspecified atom stereocenters. The molecule has 3 heterocycles. The Labute approximate surface area is 176 Å². The summed E-state index contributed by atoms with van der Waals surface area (Å²) in [7, 11) is 0. The van der Waals surface area contributed by atoms with Crippen LogP contribution in [0.2, 0.25) is 0 Å². The summed E-state index contributed by atoms with van der Waals surface area (Å²) >= 11 is 0. The summed E-state index contributed by atoms with van der Waals surface area (Å²) in [5.74, 6) is -1.74. The number of ketones is 1. The molecule has 2 N–H and O–H groups in total. The number of halogens is 1. The van der Waals surface area contributed by atoms with E-state index in [1.54, 1.807) is 31.3 Å². The molecule has 7 heteroatoms. The Kier molecular flexibility index (Phi) is 4.25. The molecule has 1 aliphatic heterocycles. The number of hydrogen-bond acceptors (Lipinski definition) is 4. The summed E-state index contributed by atoms with van der Waals surface area (Å²) in [5, 5.41) is 11.9. The number of carbonyl (C=O) groups is 2. The quantitative estimate of drug-likeness (QED) is 0.284. The first-order valence-corrected chi connectivity index (χ1v) is 9.65. The van der Waals surface area contributed by atoms with Crippen molar-refractivity contribution < 1.29 is 23.5 Å². The summed E-state index contributed by atoms with van der Waals surface area (Å²) in [6.45, 7) is 1.73.